The van der Waals surface area contributed by atoms with Crippen LogP contribution in [-0.4, -0.2) is 28.3 Å². The molecular formula is C9H15BrN2S. The topological polar surface area (TPSA) is 16.1 Å². The molecule has 0 aromatic carbocycles. The van der Waals surface area contributed by atoms with E-state index in [0.717, 1.165) is 16.9 Å². The lowest BCUT2D eigenvalue weighted by atomic mass is 10.3. The number of halogens is 1. The molecule has 1 atom stereocenters. The molecule has 0 N–H and O–H groups in total. The first-order valence-electron chi connectivity index (χ1n) is 4.30. The van der Waals surface area contributed by atoms with Crippen molar-refractivity contribution in [1.82, 2.24) is 9.88 Å². The molecule has 0 saturated carbocycles. The number of hydrogen-bond acceptors (Lipinski definition) is 3. The van der Waals surface area contributed by atoms with Gasteiger partial charge in [-0.3, -0.25) is 4.90 Å². The number of hydrogen-bond donors (Lipinski definition) is 0. The van der Waals surface area contributed by atoms with Gasteiger partial charge in [0.15, 0.2) is 0 Å². The maximum Gasteiger partial charge on any atom is 0.0897 e. The minimum Gasteiger partial charge on any atom is -0.297 e. The van der Waals surface area contributed by atoms with Gasteiger partial charge in [0, 0.05) is 23.3 Å². The summed E-state index contributed by atoms with van der Waals surface area (Å²) in [5, 5.41) is 4.29. The first kappa shape index (κ1) is 11.1. The van der Waals surface area contributed by atoms with Crippen LogP contribution >= 0.6 is 27.3 Å². The van der Waals surface area contributed by atoms with Gasteiger partial charge in [-0.15, -0.1) is 11.3 Å². The second-order valence-corrected chi connectivity index (χ2v) is 4.99. The number of aromatic nitrogens is 1. The normalized spacial score (nSPS) is 13.6. The van der Waals surface area contributed by atoms with Crippen molar-refractivity contribution in [3.8, 4) is 0 Å². The third kappa shape index (κ3) is 3.37. The van der Waals surface area contributed by atoms with Crippen molar-refractivity contribution in [2.75, 3.05) is 12.4 Å². The second kappa shape index (κ2) is 5.08. The van der Waals surface area contributed by atoms with E-state index in [4.69, 9.17) is 0 Å². The van der Waals surface area contributed by atoms with Crippen LogP contribution in [0.25, 0.3) is 0 Å². The molecule has 0 aliphatic rings. The number of alkyl halides is 1. The molecule has 0 fully saturated rings. The highest BCUT2D eigenvalue weighted by Crippen LogP contribution is 2.11. The van der Waals surface area contributed by atoms with Gasteiger partial charge in [0.05, 0.1) is 10.7 Å². The molecule has 1 rings (SSSR count). The Morgan fingerprint density at radius 3 is 2.85 bits per heavy atom. The van der Waals surface area contributed by atoms with Crippen molar-refractivity contribution in [2.24, 2.45) is 0 Å². The number of thiazole rings is 1. The van der Waals surface area contributed by atoms with E-state index < -0.39 is 0 Å². The van der Waals surface area contributed by atoms with E-state index >= 15 is 0 Å². The van der Waals surface area contributed by atoms with Crippen LogP contribution in [0.15, 0.2) is 5.38 Å². The van der Waals surface area contributed by atoms with E-state index in [1.165, 1.54) is 5.69 Å². The predicted octanol–water partition coefficient (Wildman–Crippen LogP) is 2.67. The summed E-state index contributed by atoms with van der Waals surface area (Å²) in [7, 11) is 2.13. The van der Waals surface area contributed by atoms with Crippen LogP contribution in [0.3, 0.4) is 0 Å². The van der Waals surface area contributed by atoms with E-state index in [1.54, 1.807) is 11.3 Å². The molecule has 0 spiro atoms. The van der Waals surface area contributed by atoms with E-state index in [2.05, 4.69) is 45.2 Å². The summed E-state index contributed by atoms with van der Waals surface area (Å²) in [6.07, 6.45) is 0. The molecule has 1 heterocycles. The minimum atomic E-state index is 0.557. The summed E-state index contributed by atoms with van der Waals surface area (Å²) in [4.78, 5) is 6.72. The van der Waals surface area contributed by atoms with E-state index in [9.17, 15) is 0 Å². The highest BCUT2D eigenvalue weighted by molar-refractivity contribution is 9.09. The van der Waals surface area contributed by atoms with Crippen LogP contribution in [0.2, 0.25) is 0 Å². The predicted molar refractivity (Wildman–Crippen MR) is 61.6 cm³/mol. The largest absolute Gasteiger partial charge is 0.297 e. The van der Waals surface area contributed by atoms with Crippen LogP contribution in [0.4, 0.5) is 0 Å². The molecule has 4 heteroatoms. The Morgan fingerprint density at radius 2 is 2.38 bits per heavy atom. The fourth-order valence-electron chi connectivity index (χ4n) is 1.01. The molecule has 2 nitrogen and oxygen atoms in total. The van der Waals surface area contributed by atoms with Crippen LogP contribution in [0.1, 0.15) is 17.6 Å². The fourth-order valence-corrected chi connectivity index (χ4v) is 2.11. The molecule has 13 heavy (non-hydrogen) atoms. The Kier molecular flexibility index (Phi) is 4.35. The molecule has 0 bridgehead atoms. The van der Waals surface area contributed by atoms with Gasteiger partial charge in [0.1, 0.15) is 0 Å². The number of nitrogens with zero attached hydrogens (tertiary/aromatic N) is 2. The van der Waals surface area contributed by atoms with Crippen molar-refractivity contribution in [1.29, 1.82) is 0 Å². The summed E-state index contributed by atoms with van der Waals surface area (Å²) in [6, 6.07) is 0.557. The van der Waals surface area contributed by atoms with Gasteiger partial charge in [-0.1, -0.05) is 15.9 Å². The summed E-state index contributed by atoms with van der Waals surface area (Å²) in [6.45, 7) is 5.19. The van der Waals surface area contributed by atoms with E-state index in [0.29, 0.717) is 6.04 Å². The van der Waals surface area contributed by atoms with Gasteiger partial charge < -0.3 is 0 Å². The van der Waals surface area contributed by atoms with Crippen molar-refractivity contribution in [3.05, 3.63) is 16.1 Å². The number of rotatable bonds is 4. The zero-order chi connectivity index (χ0) is 9.84. The monoisotopic (exact) mass is 262 g/mol. The van der Waals surface area contributed by atoms with Crippen molar-refractivity contribution in [3.63, 3.8) is 0 Å². The Labute approximate surface area is 92.1 Å². The maximum atomic E-state index is 4.43. The van der Waals surface area contributed by atoms with Gasteiger partial charge >= 0.3 is 0 Å². The summed E-state index contributed by atoms with van der Waals surface area (Å²) < 4.78 is 0. The molecule has 74 valence electrons. The second-order valence-electron chi connectivity index (χ2n) is 3.28. The molecule has 1 aromatic rings. The lowest BCUT2D eigenvalue weighted by Gasteiger charge is -2.21. The molecule has 0 aliphatic heterocycles. The highest BCUT2D eigenvalue weighted by atomic mass is 79.9. The van der Waals surface area contributed by atoms with Crippen LogP contribution in [-0.2, 0) is 6.54 Å². The summed E-state index contributed by atoms with van der Waals surface area (Å²) in [5.74, 6) is 0. The third-order valence-electron chi connectivity index (χ3n) is 2.05. The maximum absolute atomic E-state index is 4.43. The van der Waals surface area contributed by atoms with E-state index in [1.807, 2.05) is 6.92 Å². The fraction of sp³-hybridized carbons (Fsp3) is 0.667. The molecule has 0 saturated heterocycles. The van der Waals surface area contributed by atoms with Crippen LogP contribution in [0, 0.1) is 6.92 Å². The van der Waals surface area contributed by atoms with Crippen molar-refractivity contribution >= 4 is 27.3 Å². The molecule has 1 unspecified atom stereocenters. The zero-order valence-corrected chi connectivity index (χ0v) is 10.7. The lowest BCUT2D eigenvalue weighted by Crippen LogP contribution is -2.29. The average molecular weight is 263 g/mol. The van der Waals surface area contributed by atoms with Crippen LogP contribution < -0.4 is 0 Å². The Bertz CT molecular complexity index is 262. The molecule has 1 aromatic heterocycles. The SMILES string of the molecule is Cc1nc(CN(C)C(C)CBr)cs1. The van der Waals surface area contributed by atoms with Crippen molar-refractivity contribution < 1.29 is 0 Å². The highest BCUT2D eigenvalue weighted by Gasteiger charge is 2.09. The van der Waals surface area contributed by atoms with Gasteiger partial charge in [0.25, 0.3) is 0 Å². The van der Waals surface area contributed by atoms with Gasteiger partial charge in [-0.2, -0.15) is 0 Å². The quantitative estimate of drug-likeness (QED) is 0.776. The Hall–Kier alpha value is 0.0700. The van der Waals surface area contributed by atoms with Gasteiger partial charge in [0.2, 0.25) is 0 Å². The molecule has 0 amide bonds. The standard InChI is InChI=1S/C9H15BrN2S/c1-7(4-10)12(3)5-9-6-13-8(2)11-9/h6-7H,4-5H2,1-3H3. The average Bonchev–Trinajstić information content (AvgIpc) is 2.49. The third-order valence-corrected chi connectivity index (χ3v) is 3.81. The van der Waals surface area contributed by atoms with Crippen LogP contribution in [0.5, 0.6) is 0 Å². The molecule has 0 radical (unpaired) electrons. The van der Waals surface area contributed by atoms with E-state index in [-0.39, 0.29) is 0 Å². The summed E-state index contributed by atoms with van der Waals surface area (Å²) >= 11 is 5.19. The first-order chi connectivity index (χ1) is 6.13. The van der Waals surface area contributed by atoms with Gasteiger partial charge in [-0.25, -0.2) is 4.98 Å². The number of aryl methyl sites for hydroxylation is 1. The van der Waals surface area contributed by atoms with Crippen molar-refractivity contribution in [2.45, 2.75) is 26.4 Å². The first-order valence-corrected chi connectivity index (χ1v) is 6.30. The smallest absolute Gasteiger partial charge is 0.0897 e. The zero-order valence-electron chi connectivity index (χ0n) is 8.25. The van der Waals surface area contributed by atoms with Gasteiger partial charge in [-0.05, 0) is 20.9 Å². The lowest BCUT2D eigenvalue weighted by molar-refractivity contribution is 0.268. The summed E-state index contributed by atoms with van der Waals surface area (Å²) in [5.41, 5.74) is 1.18. The Balaban J connectivity index is 2.49. The molecular weight excluding hydrogens is 248 g/mol. The minimum absolute atomic E-state index is 0.557. The molecule has 0 aliphatic carbocycles. The Morgan fingerprint density at radius 1 is 1.69 bits per heavy atom.